The van der Waals surface area contributed by atoms with Crippen LogP contribution in [0.25, 0.3) is 10.1 Å². The molecule has 0 saturated carbocycles. The minimum atomic E-state index is -0.856. The number of benzene rings is 1. The van der Waals surface area contributed by atoms with E-state index in [1.807, 2.05) is 6.92 Å². The first-order valence-corrected chi connectivity index (χ1v) is 8.44. The van der Waals surface area contributed by atoms with Crippen molar-refractivity contribution in [3.8, 4) is 0 Å². The van der Waals surface area contributed by atoms with Gasteiger partial charge in [0.1, 0.15) is 5.82 Å². The molecule has 23 heavy (non-hydrogen) atoms. The molecule has 1 fully saturated rings. The van der Waals surface area contributed by atoms with Gasteiger partial charge in [-0.25, -0.2) is 4.39 Å². The van der Waals surface area contributed by atoms with Gasteiger partial charge in [-0.3, -0.25) is 9.59 Å². The molecule has 0 bridgehead atoms. The zero-order valence-electron chi connectivity index (χ0n) is 13.0. The molecule has 3 rings (SSSR count). The van der Waals surface area contributed by atoms with E-state index in [1.165, 1.54) is 23.5 Å². The van der Waals surface area contributed by atoms with Crippen molar-refractivity contribution in [1.29, 1.82) is 0 Å². The second kappa shape index (κ2) is 5.92. The summed E-state index contributed by atoms with van der Waals surface area (Å²) in [5.74, 6) is -1.86. The lowest BCUT2D eigenvalue weighted by molar-refractivity contribution is -0.144. The molecule has 0 aliphatic carbocycles. The summed E-state index contributed by atoms with van der Waals surface area (Å²) in [7, 11) is 0. The van der Waals surface area contributed by atoms with Gasteiger partial charge in [-0.1, -0.05) is 6.07 Å². The lowest BCUT2D eigenvalue weighted by Crippen LogP contribution is -2.49. The van der Waals surface area contributed by atoms with Gasteiger partial charge < -0.3 is 10.0 Å². The van der Waals surface area contributed by atoms with E-state index in [1.54, 1.807) is 17.9 Å². The topological polar surface area (TPSA) is 57.6 Å². The molecule has 1 aromatic heterocycles. The molecule has 0 unspecified atom stereocenters. The van der Waals surface area contributed by atoms with Crippen LogP contribution in [-0.4, -0.2) is 34.5 Å². The van der Waals surface area contributed by atoms with Gasteiger partial charge >= 0.3 is 5.97 Å². The van der Waals surface area contributed by atoms with Crippen molar-refractivity contribution in [1.82, 2.24) is 4.90 Å². The Morgan fingerprint density at radius 1 is 1.39 bits per heavy atom. The van der Waals surface area contributed by atoms with Crippen LogP contribution in [0.1, 0.15) is 35.0 Å². The van der Waals surface area contributed by atoms with E-state index in [9.17, 15) is 19.1 Å². The molecule has 1 aromatic carbocycles. The van der Waals surface area contributed by atoms with Crippen LogP contribution < -0.4 is 0 Å². The molecule has 0 spiro atoms. The van der Waals surface area contributed by atoms with E-state index in [-0.39, 0.29) is 17.8 Å². The number of fused-ring (bicyclic) bond motifs is 1. The Labute approximate surface area is 137 Å². The number of likely N-dealkylation sites (tertiary alicyclic amines) is 1. The first kappa shape index (κ1) is 15.9. The molecule has 2 heterocycles. The largest absolute Gasteiger partial charge is 0.481 e. The van der Waals surface area contributed by atoms with Crippen LogP contribution in [0.2, 0.25) is 0 Å². The van der Waals surface area contributed by atoms with Crippen LogP contribution in [-0.2, 0) is 4.79 Å². The molecule has 2 aromatic rings. The Morgan fingerprint density at radius 3 is 2.83 bits per heavy atom. The van der Waals surface area contributed by atoms with Crippen LogP contribution in [0.15, 0.2) is 18.2 Å². The van der Waals surface area contributed by atoms with Crippen LogP contribution in [0.4, 0.5) is 4.39 Å². The molecule has 122 valence electrons. The minimum Gasteiger partial charge on any atom is -0.481 e. The highest BCUT2D eigenvalue weighted by Crippen LogP contribution is 2.34. The summed E-state index contributed by atoms with van der Waals surface area (Å²) < 4.78 is 14.1. The quantitative estimate of drug-likeness (QED) is 0.911. The summed E-state index contributed by atoms with van der Waals surface area (Å²) in [6, 6.07) is 4.17. The maximum Gasteiger partial charge on any atom is 0.308 e. The molecule has 4 nitrogen and oxygen atoms in total. The van der Waals surface area contributed by atoms with Crippen molar-refractivity contribution < 1.29 is 19.1 Å². The summed E-state index contributed by atoms with van der Waals surface area (Å²) in [4.78, 5) is 26.5. The SMILES string of the molecule is Cc1c(C(=O)N2CCC[C@@H](C(=O)O)[C@H]2C)sc2cc(F)ccc12. The number of hydrogen-bond donors (Lipinski definition) is 1. The smallest absolute Gasteiger partial charge is 0.308 e. The van der Waals surface area contributed by atoms with Crippen LogP contribution in [0.5, 0.6) is 0 Å². The maximum atomic E-state index is 13.4. The number of carboxylic acids is 1. The standard InChI is InChI=1S/C17H18FNO3S/c1-9-12-6-5-11(18)8-14(12)23-15(9)16(20)19-7-3-4-13(10(19)2)17(21)22/h5-6,8,10,13H,3-4,7H2,1-2H3,(H,21,22)/t10-,13-/m1/s1. The second-order valence-electron chi connectivity index (χ2n) is 6.02. The predicted molar refractivity (Wildman–Crippen MR) is 87.4 cm³/mol. The van der Waals surface area contributed by atoms with E-state index in [0.29, 0.717) is 24.3 Å². The number of piperidine rings is 1. The fourth-order valence-corrected chi connectivity index (χ4v) is 4.48. The van der Waals surface area contributed by atoms with Gasteiger partial charge in [-0.15, -0.1) is 11.3 Å². The van der Waals surface area contributed by atoms with Crippen molar-refractivity contribution in [2.75, 3.05) is 6.54 Å². The highest BCUT2D eigenvalue weighted by molar-refractivity contribution is 7.21. The number of carbonyl (C=O) groups excluding carboxylic acids is 1. The summed E-state index contributed by atoms with van der Waals surface area (Å²) in [5.41, 5.74) is 0.833. The van der Waals surface area contributed by atoms with Crippen molar-refractivity contribution in [2.24, 2.45) is 5.92 Å². The zero-order chi connectivity index (χ0) is 16.7. The highest BCUT2D eigenvalue weighted by Gasteiger charge is 2.36. The van der Waals surface area contributed by atoms with E-state index in [4.69, 9.17) is 0 Å². The number of carboxylic acid groups (broad SMARTS) is 1. The molecule has 1 N–H and O–H groups in total. The van der Waals surface area contributed by atoms with E-state index >= 15 is 0 Å². The first-order valence-electron chi connectivity index (χ1n) is 7.62. The lowest BCUT2D eigenvalue weighted by atomic mass is 9.90. The average Bonchev–Trinajstić information content (AvgIpc) is 2.83. The fraction of sp³-hybridized carbons (Fsp3) is 0.412. The van der Waals surface area contributed by atoms with Gasteiger partial charge in [-0.05, 0) is 49.8 Å². The third-order valence-corrected chi connectivity index (χ3v) is 5.90. The van der Waals surface area contributed by atoms with Crippen molar-refractivity contribution >= 4 is 33.3 Å². The van der Waals surface area contributed by atoms with E-state index in [0.717, 1.165) is 15.6 Å². The molecule has 0 radical (unpaired) electrons. The maximum absolute atomic E-state index is 13.4. The van der Waals surface area contributed by atoms with Gasteiger partial charge in [0.25, 0.3) is 5.91 Å². The molecule has 6 heteroatoms. The summed E-state index contributed by atoms with van der Waals surface area (Å²) in [5, 5.41) is 10.2. The Bertz CT molecular complexity index is 785. The number of carbonyl (C=O) groups is 2. The number of rotatable bonds is 2. The molecular weight excluding hydrogens is 317 g/mol. The summed E-state index contributed by atoms with van der Waals surface area (Å²) >= 11 is 1.27. The monoisotopic (exact) mass is 335 g/mol. The Balaban J connectivity index is 1.96. The van der Waals surface area contributed by atoms with Gasteiger partial charge in [-0.2, -0.15) is 0 Å². The van der Waals surface area contributed by atoms with Crippen molar-refractivity contribution in [3.05, 3.63) is 34.5 Å². The Morgan fingerprint density at radius 2 is 2.13 bits per heavy atom. The molecule has 1 saturated heterocycles. The van der Waals surface area contributed by atoms with E-state index < -0.39 is 11.9 Å². The first-order chi connectivity index (χ1) is 10.9. The van der Waals surface area contributed by atoms with Crippen molar-refractivity contribution in [2.45, 2.75) is 32.7 Å². The molecule has 2 atom stereocenters. The zero-order valence-corrected chi connectivity index (χ0v) is 13.8. The third kappa shape index (κ3) is 2.72. The number of thiophene rings is 1. The molecule has 1 amide bonds. The van der Waals surface area contributed by atoms with Crippen molar-refractivity contribution in [3.63, 3.8) is 0 Å². The number of halogens is 1. The Hall–Kier alpha value is -1.95. The van der Waals surface area contributed by atoms with Gasteiger partial charge in [0.2, 0.25) is 0 Å². The number of hydrogen-bond acceptors (Lipinski definition) is 3. The normalized spacial score (nSPS) is 21.6. The lowest BCUT2D eigenvalue weighted by Gasteiger charge is -2.37. The average molecular weight is 335 g/mol. The number of aliphatic carboxylic acids is 1. The van der Waals surface area contributed by atoms with Gasteiger partial charge in [0, 0.05) is 17.3 Å². The number of amides is 1. The third-order valence-electron chi connectivity index (χ3n) is 4.66. The Kier molecular flexibility index (Phi) is 4.10. The molecular formula is C17H18FNO3S. The minimum absolute atomic E-state index is 0.150. The van der Waals surface area contributed by atoms with Gasteiger partial charge in [0.05, 0.1) is 10.8 Å². The van der Waals surface area contributed by atoms with E-state index in [2.05, 4.69) is 0 Å². The number of nitrogens with zero attached hydrogens (tertiary/aromatic N) is 1. The summed E-state index contributed by atoms with van der Waals surface area (Å²) in [6.45, 7) is 4.21. The molecule has 1 aliphatic heterocycles. The van der Waals surface area contributed by atoms with Crippen LogP contribution in [0, 0.1) is 18.7 Å². The molecule has 1 aliphatic rings. The second-order valence-corrected chi connectivity index (χ2v) is 7.07. The number of aryl methyl sites for hydroxylation is 1. The van der Waals surface area contributed by atoms with Gasteiger partial charge in [0.15, 0.2) is 0 Å². The predicted octanol–water partition coefficient (Wildman–Crippen LogP) is 3.67. The fourth-order valence-electron chi connectivity index (χ4n) is 3.29. The highest BCUT2D eigenvalue weighted by atomic mass is 32.1. The summed E-state index contributed by atoms with van der Waals surface area (Å²) in [6.07, 6.45) is 1.28. The van der Waals surface area contributed by atoms with Crippen LogP contribution in [0.3, 0.4) is 0 Å². The van der Waals surface area contributed by atoms with Crippen LogP contribution >= 0.6 is 11.3 Å².